The molecule has 2 aromatic rings. The number of carbonyl (C=O) groups is 1. The highest BCUT2D eigenvalue weighted by molar-refractivity contribution is 7.99. The van der Waals surface area contributed by atoms with Crippen LogP contribution in [0.4, 0.5) is 10.1 Å². The fourth-order valence-electron chi connectivity index (χ4n) is 1.68. The monoisotopic (exact) mass is 349 g/mol. The number of halogens is 1. The van der Waals surface area contributed by atoms with Crippen molar-refractivity contribution in [3.05, 3.63) is 60.4 Å². The van der Waals surface area contributed by atoms with Gasteiger partial charge in [0, 0.05) is 17.1 Å². The van der Waals surface area contributed by atoms with E-state index in [2.05, 4.69) is 16.2 Å². The van der Waals surface area contributed by atoms with Gasteiger partial charge in [0.25, 0.3) is 0 Å². The Morgan fingerprint density at radius 2 is 1.74 bits per heavy atom. The number of para-hydroxylation sites is 1. The summed E-state index contributed by atoms with van der Waals surface area (Å²) in [7, 11) is 0. The number of hydrogen-bond acceptors (Lipinski definition) is 3. The molecule has 0 fully saturated rings. The minimum Gasteiger partial charge on any atom is -0.329 e. The summed E-state index contributed by atoms with van der Waals surface area (Å²) in [4.78, 5) is 12.8. The molecule has 0 aromatic heterocycles. The van der Waals surface area contributed by atoms with Crippen LogP contribution in [-0.2, 0) is 4.79 Å². The van der Waals surface area contributed by atoms with Gasteiger partial charge in [-0.15, -0.1) is 11.8 Å². The third kappa shape index (κ3) is 6.25. The second-order valence-corrected chi connectivity index (χ2v) is 6.10. The lowest BCUT2D eigenvalue weighted by Gasteiger charge is -2.12. The van der Waals surface area contributed by atoms with Crippen LogP contribution in [0, 0.1) is 5.82 Å². The summed E-state index contributed by atoms with van der Waals surface area (Å²) >= 11 is 6.60. The molecule has 23 heavy (non-hydrogen) atoms. The first-order chi connectivity index (χ1) is 11.1. The molecule has 0 saturated carbocycles. The minimum absolute atomic E-state index is 0.124. The maximum atomic E-state index is 13.4. The smallest absolute Gasteiger partial charge is 0.239 e. The van der Waals surface area contributed by atoms with Crippen LogP contribution in [-0.4, -0.2) is 16.8 Å². The first-order valence-corrected chi connectivity index (χ1v) is 8.33. The van der Waals surface area contributed by atoms with Crippen LogP contribution < -0.4 is 16.2 Å². The van der Waals surface area contributed by atoms with E-state index in [-0.39, 0.29) is 16.7 Å². The first-order valence-electron chi connectivity index (χ1n) is 6.93. The lowest BCUT2D eigenvalue weighted by molar-refractivity contribution is -0.121. The van der Waals surface area contributed by atoms with Gasteiger partial charge in [0.05, 0.1) is 5.69 Å². The Hall–Kier alpha value is -2.12. The van der Waals surface area contributed by atoms with Crippen LogP contribution >= 0.6 is 24.0 Å². The molecule has 0 radical (unpaired) electrons. The van der Waals surface area contributed by atoms with Crippen LogP contribution in [0.25, 0.3) is 0 Å². The molecule has 3 N–H and O–H groups in total. The van der Waals surface area contributed by atoms with Crippen molar-refractivity contribution < 1.29 is 9.18 Å². The van der Waals surface area contributed by atoms with E-state index in [1.54, 1.807) is 30.0 Å². The Morgan fingerprint density at radius 1 is 1.04 bits per heavy atom. The molecule has 0 atom stereocenters. The number of benzene rings is 2. The molecule has 120 valence electrons. The molecule has 0 saturated heterocycles. The number of rotatable bonds is 5. The van der Waals surface area contributed by atoms with Crippen molar-refractivity contribution >= 4 is 40.7 Å². The third-order valence-corrected chi connectivity index (χ3v) is 4.00. The van der Waals surface area contributed by atoms with Gasteiger partial charge >= 0.3 is 0 Å². The van der Waals surface area contributed by atoms with Gasteiger partial charge in [0.2, 0.25) is 5.91 Å². The number of carbonyl (C=O) groups excluding carboxylic acids is 1. The van der Waals surface area contributed by atoms with Gasteiger partial charge in [0.15, 0.2) is 5.11 Å². The number of thiocarbonyl (C=S) groups is 1. The van der Waals surface area contributed by atoms with Crippen LogP contribution in [0.3, 0.4) is 0 Å². The summed E-state index contributed by atoms with van der Waals surface area (Å²) in [6.07, 6.45) is 0.342. The Labute approximate surface area is 143 Å². The SMILES string of the molecule is O=C(CCSc1ccccc1)NNC(=S)Nc1ccccc1F. The van der Waals surface area contributed by atoms with E-state index < -0.39 is 5.82 Å². The molecular formula is C16H16FN3OS2. The summed E-state index contributed by atoms with van der Waals surface area (Å²) in [5, 5.41) is 2.80. The van der Waals surface area contributed by atoms with E-state index in [0.29, 0.717) is 12.2 Å². The van der Waals surface area contributed by atoms with Gasteiger partial charge in [-0.1, -0.05) is 30.3 Å². The summed E-state index contributed by atoms with van der Waals surface area (Å²) in [5.74, 6) is 0.0544. The van der Waals surface area contributed by atoms with Crippen molar-refractivity contribution in [3.63, 3.8) is 0 Å². The Kier molecular flexibility index (Phi) is 6.83. The summed E-state index contributed by atoms with van der Waals surface area (Å²) in [5.41, 5.74) is 5.28. The van der Waals surface area contributed by atoms with Crippen LogP contribution in [0.2, 0.25) is 0 Å². The number of thioether (sulfide) groups is 1. The lowest BCUT2D eigenvalue weighted by Crippen LogP contribution is -2.43. The Morgan fingerprint density at radius 3 is 2.48 bits per heavy atom. The van der Waals surface area contributed by atoms with Gasteiger partial charge < -0.3 is 5.32 Å². The molecule has 7 heteroatoms. The first kappa shape index (κ1) is 17.2. The highest BCUT2D eigenvalue weighted by atomic mass is 32.2. The van der Waals surface area contributed by atoms with Gasteiger partial charge in [-0.3, -0.25) is 15.6 Å². The molecule has 2 aromatic carbocycles. The zero-order chi connectivity index (χ0) is 16.5. The van der Waals surface area contributed by atoms with Crippen molar-refractivity contribution in [2.45, 2.75) is 11.3 Å². The highest BCUT2D eigenvalue weighted by Gasteiger charge is 2.05. The number of nitrogens with one attached hydrogen (secondary N) is 3. The summed E-state index contributed by atoms with van der Waals surface area (Å²) in [6.45, 7) is 0. The molecule has 0 bridgehead atoms. The van der Waals surface area contributed by atoms with E-state index >= 15 is 0 Å². The molecule has 0 heterocycles. The van der Waals surface area contributed by atoms with Gasteiger partial charge in [-0.05, 0) is 36.5 Å². The predicted molar refractivity (Wildman–Crippen MR) is 95.7 cm³/mol. The second-order valence-electron chi connectivity index (χ2n) is 4.52. The lowest BCUT2D eigenvalue weighted by atomic mass is 10.3. The topological polar surface area (TPSA) is 53.2 Å². The predicted octanol–water partition coefficient (Wildman–Crippen LogP) is 3.33. The van der Waals surface area contributed by atoms with Crippen LogP contribution in [0.5, 0.6) is 0 Å². The van der Waals surface area contributed by atoms with E-state index in [1.807, 2.05) is 30.3 Å². The number of hydrazine groups is 1. The number of amides is 1. The Bertz CT molecular complexity index is 667. The van der Waals surface area contributed by atoms with Crippen molar-refractivity contribution in [3.8, 4) is 0 Å². The van der Waals surface area contributed by atoms with E-state index in [4.69, 9.17) is 12.2 Å². The second kappa shape index (κ2) is 9.12. The fourth-order valence-corrected chi connectivity index (χ4v) is 2.72. The standard InChI is InChI=1S/C16H16FN3OS2/c17-13-8-4-5-9-14(13)18-16(22)20-19-15(21)10-11-23-12-6-2-1-3-7-12/h1-9H,10-11H2,(H,19,21)(H2,18,20,22). The van der Waals surface area contributed by atoms with E-state index in [1.165, 1.54) is 6.07 Å². The molecule has 0 aliphatic rings. The molecule has 2 rings (SSSR count). The zero-order valence-corrected chi connectivity index (χ0v) is 13.8. The minimum atomic E-state index is -0.415. The molecular weight excluding hydrogens is 333 g/mol. The average molecular weight is 349 g/mol. The van der Waals surface area contributed by atoms with Crippen LogP contribution in [0.1, 0.15) is 6.42 Å². The zero-order valence-electron chi connectivity index (χ0n) is 12.2. The number of hydrogen-bond donors (Lipinski definition) is 3. The quantitative estimate of drug-likeness (QED) is 0.439. The summed E-state index contributed by atoms with van der Waals surface area (Å²) in [6, 6.07) is 16.0. The van der Waals surface area contributed by atoms with E-state index in [0.717, 1.165) is 4.90 Å². The summed E-state index contributed by atoms with van der Waals surface area (Å²) < 4.78 is 13.4. The highest BCUT2D eigenvalue weighted by Crippen LogP contribution is 2.17. The third-order valence-electron chi connectivity index (χ3n) is 2.78. The van der Waals surface area contributed by atoms with Gasteiger partial charge in [-0.25, -0.2) is 4.39 Å². The van der Waals surface area contributed by atoms with Crippen LogP contribution in [0.15, 0.2) is 59.5 Å². The number of anilines is 1. The molecule has 0 aliphatic heterocycles. The normalized spacial score (nSPS) is 9.96. The molecule has 1 amide bonds. The molecule has 0 unspecified atom stereocenters. The van der Waals surface area contributed by atoms with Gasteiger partial charge in [0.1, 0.15) is 5.82 Å². The maximum absolute atomic E-state index is 13.4. The molecule has 0 spiro atoms. The molecule has 4 nitrogen and oxygen atoms in total. The van der Waals surface area contributed by atoms with Crippen molar-refractivity contribution in [2.24, 2.45) is 0 Å². The Balaban J connectivity index is 1.66. The van der Waals surface area contributed by atoms with E-state index in [9.17, 15) is 9.18 Å². The largest absolute Gasteiger partial charge is 0.329 e. The van der Waals surface area contributed by atoms with Crippen molar-refractivity contribution in [1.82, 2.24) is 10.9 Å². The van der Waals surface area contributed by atoms with Gasteiger partial charge in [-0.2, -0.15) is 0 Å². The maximum Gasteiger partial charge on any atom is 0.239 e. The fraction of sp³-hybridized carbons (Fsp3) is 0.125. The van der Waals surface area contributed by atoms with Crippen molar-refractivity contribution in [2.75, 3.05) is 11.1 Å². The average Bonchev–Trinajstić information content (AvgIpc) is 2.56. The molecule has 0 aliphatic carbocycles. The van der Waals surface area contributed by atoms with Crippen molar-refractivity contribution in [1.29, 1.82) is 0 Å².